The minimum atomic E-state index is 0.219. The molecular weight excluding hydrogens is 246 g/mol. The van der Waals surface area contributed by atoms with Crippen molar-refractivity contribution in [2.75, 3.05) is 0 Å². The Morgan fingerprint density at radius 2 is 1.55 bits per heavy atom. The zero-order chi connectivity index (χ0) is 13.8. The molecule has 1 amide bonds. The topological polar surface area (TPSA) is 20.3 Å². The zero-order valence-corrected chi connectivity index (χ0v) is 11.3. The maximum atomic E-state index is 12.1. The number of carbonyl (C=O) groups is 1. The fourth-order valence-electron chi connectivity index (χ4n) is 2.51. The monoisotopic (exact) mass is 263 g/mol. The molecule has 1 fully saturated rings. The number of allylic oxidation sites excluding steroid dienone is 1. The molecule has 0 aliphatic carbocycles. The highest BCUT2D eigenvalue weighted by atomic mass is 16.2. The molecule has 1 aliphatic rings. The normalized spacial score (nSPS) is 16.9. The maximum Gasteiger partial charge on any atom is 0.227 e. The van der Waals surface area contributed by atoms with Crippen LogP contribution in [0.5, 0.6) is 0 Å². The van der Waals surface area contributed by atoms with Crippen LogP contribution in [-0.4, -0.2) is 10.8 Å². The molecule has 0 saturated carbocycles. The van der Waals surface area contributed by atoms with Gasteiger partial charge < -0.3 is 4.90 Å². The van der Waals surface area contributed by atoms with Crippen LogP contribution in [0.25, 0.3) is 6.08 Å². The van der Waals surface area contributed by atoms with Crippen molar-refractivity contribution in [2.45, 2.75) is 19.4 Å². The van der Waals surface area contributed by atoms with Gasteiger partial charge in [-0.05, 0) is 23.6 Å². The van der Waals surface area contributed by atoms with Gasteiger partial charge in [-0.15, -0.1) is 0 Å². The third-order valence-corrected chi connectivity index (χ3v) is 3.56. The molecule has 2 heteroatoms. The Hall–Kier alpha value is -2.35. The molecule has 1 aliphatic heterocycles. The smallest absolute Gasteiger partial charge is 0.227 e. The SMILES string of the molecule is O=C1CCC(=Cc2ccccc2)N1Cc1ccccc1. The standard InChI is InChI=1S/C18H17NO/c20-18-12-11-17(13-15-7-3-1-4-8-15)19(18)14-16-9-5-2-6-10-16/h1-10,13H,11-12,14H2. The first-order valence-electron chi connectivity index (χ1n) is 6.93. The number of likely N-dealkylation sites (tertiary alicyclic amines) is 1. The van der Waals surface area contributed by atoms with E-state index in [1.165, 1.54) is 5.56 Å². The highest BCUT2D eigenvalue weighted by Gasteiger charge is 2.25. The van der Waals surface area contributed by atoms with Crippen LogP contribution in [0.3, 0.4) is 0 Å². The summed E-state index contributed by atoms with van der Waals surface area (Å²) in [6, 6.07) is 20.3. The van der Waals surface area contributed by atoms with Crippen LogP contribution < -0.4 is 0 Å². The number of benzene rings is 2. The third kappa shape index (κ3) is 2.80. The fourth-order valence-corrected chi connectivity index (χ4v) is 2.51. The molecule has 20 heavy (non-hydrogen) atoms. The highest BCUT2D eigenvalue weighted by molar-refractivity contribution is 5.83. The van der Waals surface area contributed by atoms with Crippen LogP contribution in [0, 0.1) is 0 Å². The number of nitrogens with zero attached hydrogens (tertiary/aromatic N) is 1. The van der Waals surface area contributed by atoms with Crippen LogP contribution >= 0.6 is 0 Å². The third-order valence-electron chi connectivity index (χ3n) is 3.56. The minimum Gasteiger partial charge on any atom is -0.312 e. The Balaban J connectivity index is 1.84. The molecular formula is C18H17NO. The Labute approximate surface area is 119 Å². The zero-order valence-electron chi connectivity index (χ0n) is 11.3. The first-order chi connectivity index (χ1) is 9.83. The van der Waals surface area contributed by atoms with Gasteiger partial charge in [0.1, 0.15) is 0 Å². The molecule has 2 nitrogen and oxygen atoms in total. The number of amides is 1. The number of rotatable bonds is 3. The van der Waals surface area contributed by atoms with Gasteiger partial charge in [0.2, 0.25) is 5.91 Å². The molecule has 0 unspecified atom stereocenters. The van der Waals surface area contributed by atoms with Gasteiger partial charge in [-0.25, -0.2) is 0 Å². The lowest BCUT2D eigenvalue weighted by Crippen LogP contribution is -2.22. The quantitative estimate of drug-likeness (QED) is 0.823. The van der Waals surface area contributed by atoms with Crippen LogP contribution in [-0.2, 0) is 11.3 Å². The van der Waals surface area contributed by atoms with E-state index in [4.69, 9.17) is 0 Å². The Morgan fingerprint density at radius 3 is 2.25 bits per heavy atom. The number of carbonyl (C=O) groups excluding carboxylic acids is 1. The average molecular weight is 263 g/mol. The second-order valence-electron chi connectivity index (χ2n) is 5.01. The van der Waals surface area contributed by atoms with Crippen molar-refractivity contribution in [3.05, 3.63) is 77.5 Å². The second-order valence-corrected chi connectivity index (χ2v) is 5.01. The summed E-state index contributed by atoms with van der Waals surface area (Å²) in [7, 11) is 0. The molecule has 1 saturated heterocycles. The van der Waals surface area contributed by atoms with Gasteiger partial charge in [0, 0.05) is 12.1 Å². The largest absolute Gasteiger partial charge is 0.312 e. The van der Waals surface area contributed by atoms with Gasteiger partial charge in [-0.3, -0.25) is 4.79 Å². The lowest BCUT2D eigenvalue weighted by Gasteiger charge is -2.18. The summed E-state index contributed by atoms with van der Waals surface area (Å²) in [5.41, 5.74) is 3.43. The van der Waals surface area contributed by atoms with Crippen LogP contribution in [0.4, 0.5) is 0 Å². The molecule has 0 bridgehead atoms. The molecule has 3 rings (SSSR count). The fraction of sp³-hybridized carbons (Fsp3) is 0.167. The lowest BCUT2D eigenvalue weighted by molar-refractivity contribution is -0.127. The lowest BCUT2D eigenvalue weighted by atomic mass is 10.1. The molecule has 100 valence electrons. The van der Waals surface area contributed by atoms with Crippen LogP contribution in [0.1, 0.15) is 24.0 Å². The van der Waals surface area contributed by atoms with E-state index < -0.39 is 0 Å². The van der Waals surface area contributed by atoms with Crippen molar-refractivity contribution in [1.82, 2.24) is 4.90 Å². The van der Waals surface area contributed by atoms with Gasteiger partial charge in [-0.1, -0.05) is 60.7 Å². The van der Waals surface area contributed by atoms with Crippen molar-refractivity contribution < 1.29 is 4.79 Å². The van der Waals surface area contributed by atoms with E-state index in [9.17, 15) is 4.79 Å². The molecule has 2 aromatic rings. The molecule has 2 aromatic carbocycles. The first kappa shape index (κ1) is 12.7. The minimum absolute atomic E-state index is 0.219. The van der Waals surface area contributed by atoms with E-state index in [2.05, 4.69) is 30.3 Å². The van der Waals surface area contributed by atoms with Gasteiger partial charge in [0.15, 0.2) is 0 Å². The van der Waals surface area contributed by atoms with Gasteiger partial charge in [0.05, 0.1) is 6.54 Å². The van der Waals surface area contributed by atoms with Crippen molar-refractivity contribution >= 4 is 12.0 Å². The van der Waals surface area contributed by atoms with E-state index in [1.54, 1.807) is 0 Å². The highest BCUT2D eigenvalue weighted by Crippen LogP contribution is 2.26. The Kier molecular flexibility index (Phi) is 3.64. The van der Waals surface area contributed by atoms with Gasteiger partial charge >= 0.3 is 0 Å². The summed E-state index contributed by atoms with van der Waals surface area (Å²) >= 11 is 0. The van der Waals surface area contributed by atoms with Crippen molar-refractivity contribution in [3.63, 3.8) is 0 Å². The second kappa shape index (κ2) is 5.74. The van der Waals surface area contributed by atoms with Crippen LogP contribution in [0.2, 0.25) is 0 Å². The van der Waals surface area contributed by atoms with Crippen molar-refractivity contribution in [3.8, 4) is 0 Å². The summed E-state index contributed by atoms with van der Waals surface area (Å²) in [6.45, 7) is 0.665. The average Bonchev–Trinajstić information content (AvgIpc) is 2.83. The summed E-state index contributed by atoms with van der Waals surface area (Å²) in [6.07, 6.45) is 3.57. The molecule has 0 atom stereocenters. The summed E-state index contributed by atoms with van der Waals surface area (Å²) in [5.74, 6) is 0.219. The molecule has 0 spiro atoms. The van der Waals surface area contributed by atoms with E-state index >= 15 is 0 Å². The molecule has 0 radical (unpaired) electrons. The predicted octanol–water partition coefficient (Wildman–Crippen LogP) is 3.85. The van der Waals surface area contributed by atoms with Gasteiger partial charge in [0.25, 0.3) is 0 Å². The maximum absolute atomic E-state index is 12.1. The summed E-state index contributed by atoms with van der Waals surface area (Å²) < 4.78 is 0. The summed E-state index contributed by atoms with van der Waals surface area (Å²) in [4.78, 5) is 14.0. The van der Waals surface area contributed by atoms with Crippen LogP contribution in [0.15, 0.2) is 66.4 Å². The van der Waals surface area contributed by atoms with E-state index in [-0.39, 0.29) is 5.91 Å². The summed E-state index contributed by atoms with van der Waals surface area (Å²) in [5, 5.41) is 0. The van der Waals surface area contributed by atoms with E-state index in [1.807, 2.05) is 41.3 Å². The number of hydrogen-bond acceptors (Lipinski definition) is 1. The van der Waals surface area contributed by atoms with E-state index in [0.717, 1.165) is 17.7 Å². The predicted molar refractivity (Wildman–Crippen MR) is 80.6 cm³/mol. The Morgan fingerprint density at radius 1 is 0.900 bits per heavy atom. The Bertz CT molecular complexity index is 616. The first-order valence-corrected chi connectivity index (χ1v) is 6.93. The number of hydrogen-bond donors (Lipinski definition) is 0. The molecule has 0 N–H and O–H groups in total. The molecule has 1 heterocycles. The van der Waals surface area contributed by atoms with Gasteiger partial charge in [-0.2, -0.15) is 0 Å². The van der Waals surface area contributed by atoms with E-state index in [0.29, 0.717) is 13.0 Å². The van der Waals surface area contributed by atoms with Crippen molar-refractivity contribution in [1.29, 1.82) is 0 Å². The molecule has 0 aromatic heterocycles. The van der Waals surface area contributed by atoms with Crippen molar-refractivity contribution in [2.24, 2.45) is 0 Å².